The van der Waals surface area contributed by atoms with Gasteiger partial charge in [0, 0.05) is 12.6 Å². The van der Waals surface area contributed by atoms with Gasteiger partial charge in [-0.15, -0.1) is 0 Å². The average Bonchev–Trinajstić information content (AvgIpc) is 2.63. The Labute approximate surface area is 163 Å². The molecule has 0 saturated carbocycles. The van der Waals surface area contributed by atoms with Crippen molar-refractivity contribution in [2.24, 2.45) is 0 Å². The minimum Gasteiger partial charge on any atom is -0.347 e. The van der Waals surface area contributed by atoms with Gasteiger partial charge in [-0.05, 0) is 43.5 Å². The van der Waals surface area contributed by atoms with Gasteiger partial charge in [0.05, 0.1) is 10.7 Å². The summed E-state index contributed by atoms with van der Waals surface area (Å²) in [5.41, 5.74) is 4.20. The molecular weight excluding hydrogens is 360 g/mol. The molecule has 0 fully saturated rings. The third-order valence-electron chi connectivity index (χ3n) is 4.05. The minimum absolute atomic E-state index is 0.251. The number of halogens is 1. The van der Waals surface area contributed by atoms with Crippen molar-refractivity contribution < 1.29 is 4.79 Å². The Hall–Kier alpha value is -2.92. The van der Waals surface area contributed by atoms with Gasteiger partial charge in [0.25, 0.3) is 5.91 Å². The molecule has 0 aliphatic carbocycles. The van der Waals surface area contributed by atoms with E-state index in [-0.39, 0.29) is 5.91 Å². The first kappa shape index (κ1) is 18.9. The van der Waals surface area contributed by atoms with E-state index in [4.69, 9.17) is 11.6 Å². The van der Waals surface area contributed by atoms with Crippen LogP contribution in [0.1, 0.15) is 33.0 Å². The lowest BCUT2D eigenvalue weighted by Crippen LogP contribution is -2.24. The van der Waals surface area contributed by atoms with Gasteiger partial charge in [0.1, 0.15) is 17.3 Å². The van der Waals surface area contributed by atoms with Crippen LogP contribution in [0.2, 0.25) is 5.02 Å². The predicted octanol–water partition coefficient (Wildman–Crippen LogP) is 4.73. The van der Waals surface area contributed by atoms with Gasteiger partial charge in [0.15, 0.2) is 0 Å². The fourth-order valence-electron chi connectivity index (χ4n) is 2.82. The first-order valence-corrected chi connectivity index (χ1v) is 9.02. The smallest absolute Gasteiger partial charge is 0.270 e. The summed E-state index contributed by atoms with van der Waals surface area (Å²) < 4.78 is 0. The van der Waals surface area contributed by atoms with E-state index in [9.17, 15) is 4.79 Å². The summed E-state index contributed by atoms with van der Waals surface area (Å²) in [4.78, 5) is 21.1. The van der Waals surface area contributed by atoms with Crippen LogP contribution in [-0.4, -0.2) is 15.9 Å². The van der Waals surface area contributed by atoms with Crippen molar-refractivity contribution >= 4 is 29.0 Å². The van der Waals surface area contributed by atoms with Crippen molar-refractivity contribution in [1.29, 1.82) is 0 Å². The van der Waals surface area contributed by atoms with Crippen LogP contribution < -0.4 is 10.6 Å². The molecule has 0 unspecified atom stereocenters. The summed E-state index contributed by atoms with van der Waals surface area (Å²) in [5, 5.41) is 6.71. The molecule has 1 amide bonds. The maximum absolute atomic E-state index is 12.5. The zero-order valence-electron chi connectivity index (χ0n) is 15.5. The third-order valence-corrected chi connectivity index (χ3v) is 4.35. The van der Waals surface area contributed by atoms with Gasteiger partial charge >= 0.3 is 0 Å². The van der Waals surface area contributed by atoms with Crippen LogP contribution in [0.3, 0.4) is 0 Å². The molecule has 3 rings (SSSR count). The summed E-state index contributed by atoms with van der Waals surface area (Å²) in [6.45, 7) is 6.16. The van der Waals surface area contributed by atoms with Crippen molar-refractivity contribution in [3.05, 3.63) is 81.8 Å². The van der Waals surface area contributed by atoms with Gasteiger partial charge in [-0.3, -0.25) is 4.79 Å². The van der Waals surface area contributed by atoms with Crippen LogP contribution in [-0.2, 0) is 6.54 Å². The van der Waals surface area contributed by atoms with Crippen LogP contribution in [0.5, 0.6) is 0 Å². The van der Waals surface area contributed by atoms with E-state index in [0.717, 1.165) is 22.4 Å². The van der Waals surface area contributed by atoms with E-state index in [2.05, 4.69) is 20.6 Å². The van der Waals surface area contributed by atoms with Crippen molar-refractivity contribution in [3.63, 3.8) is 0 Å². The molecule has 27 heavy (non-hydrogen) atoms. The number of carbonyl (C=O) groups excluding carboxylic acids is 1. The van der Waals surface area contributed by atoms with Crippen molar-refractivity contribution in [1.82, 2.24) is 15.3 Å². The quantitative estimate of drug-likeness (QED) is 0.671. The third kappa shape index (κ3) is 4.83. The van der Waals surface area contributed by atoms with Gasteiger partial charge < -0.3 is 10.6 Å². The van der Waals surface area contributed by atoms with E-state index in [1.54, 1.807) is 13.0 Å². The maximum Gasteiger partial charge on any atom is 0.270 e. The molecule has 0 radical (unpaired) electrons. The van der Waals surface area contributed by atoms with Crippen LogP contribution in [0.15, 0.2) is 48.5 Å². The Morgan fingerprint density at radius 3 is 2.48 bits per heavy atom. The van der Waals surface area contributed by atoms with Crippen LogP contribution >= 0.6 is 11.6 Å². The molecule has 2 N–H and O–H groups in total. The van der Waals surface area contributed by atoms with Gasteiger partial charge in [-0.2, -0.15) is 0 Å². The Morgan fingerprint density at radius 1 is 1.04 bits per heavy atom. The topological polar surface area (TPSA) is 66.9 Å². The first-order valence-electron chi connectivity index (χ1n) is 8.64. The molecule has 0 aliphatic heterocycles. The van der Waals surface area contributed by atoms with Crippen LogP contribution in [0.25, 0.3) is 0 Å². The zero-order chi connectivity index (χ0) is 19.4. The molecule has 0 saturated heterocycles. The predicted molar refractivity (Wildman–Crippen MR) is 109 cm³/mol. The number of hydrogen-bond acceptors (Lipinski definition) is 4. The Morgan fingerprint density at radius 2 is 1.78 bits per heavy atom. The lowest BCUT2D eigenvalue weighted by molar-refractivity contribution is 0.0945. The molecule has 3 aromatic rings. The van der Waals surface area contributed by atoms with Gasteiger partial charge in [-0.1, -0.05) is 48.0 Å². The largest absolute Gasteiger partial charge is 0.347 e. The fraction of sp³-hybridized carbons (Fsp3) is 0.190. The molecule has 138 valence electrons. The second-order valence-corrected chi connectivity index (χ2v) is 6.82. The standard InChI is InChI=1S/C21H21ClN4O/c1-13-9-14(2)20(17(22)10-13)26-19-11-18(24-15(3)25-19)21(27)23-12-16-7-5-4-6-8-16/h4-11H,12H2,1-3H3,(H,23,27)(H,24,25,26). The molecule has 6 heteroatoms. The summed E-state index contributed by atoms with van der Waals surface area (Å²) in [6, 6.07) is 15.3. The summed E-state index contributed by atoms with van der Waals surface area (Å²) in [7, 11) is 0. The second-order valence-electron chi connectivity index (χ2n) is 6.42. The number of anilines is 2. The number of nitrogens with zero attached hydrogens (tertiary/aromatic N) is 2. The molecule has 0 bridgehead atoms. The van der Waals surface area contributed by atoms with Crippen LogP contribution in [0, 0.1) is 20.8 Å². The van der Waals surface area contributed by atoms with E-state index in [1.165, 1.54) is 0 Å². The number of hydrogen-bond donors (Lipinski definition) is 2. The number of aryl methyl sites for hydroxylation is 3. The highest BCUT2D eigenvalue weighted by Crippen LogP contribution is 2.29. The highest BCUT2D eigenvalue weighted by atomic mass is 35.5. The number of amides is 1. The lowest BCUT2D eigenvalue weighted by Gasteiger charge is -2.13. The Kier molecular flexibility index (Phi) is 5.72. The van der Waals surface area contributed by atoms with E-state index < -0.39 is 0 Å². The number of rotatable bonds is 5. The highest BCUT2D eigenvalue weighted by Gasteiger charge is 2.12. The zero-order valence-corrected chi connectivity index (χ0v) is 16.3. The second kappa shape index (κ2) is 8.18. The minimum atomic E-state index is -0.251. The molecule has 0 atom stereocenters. The normalized spacial score (nSPS) is 10.5. The summed E-state index contributed by atoms with van der Waals surface area (Å²) in [6.07, 6.45) is 0. The summed E-state index contributed by atoms with van der Waals surface area (Å²) >= 11 is 6.36. The molecule has 1 heterocycles. The van der Waals surface area contributed by atoms with Gasteiger partial charge in [0.2, 0.25) is 0 Å². The first-order chi connectivity index (χ1) is 12.9. The van der Waals surface area contributed by atoms with E-state index >= 15 is 0 Å². The number of nitrogens with one attached hydrogen (secondary N) is 2. The molecule has 2 aromatic carbocycles. The SMILES string of the molecule is Cc1cc(C)c(Nc2cc(C(=O)NCc3ccccc3)nc(C)n2)c(Cl)c1. The van der Waals surface area contributed by atoms with Crippen molar-refractivity contribution in [2.45, 2.75) is 27.3 Å². The summed E-state index contributed by atoms with van der Waals surface area (Å²) in [5.74, 6) is 0.783. The monoisotopic (exact) mass is 380 g/mol. The Bertz CT molecular complexity index is 950. The van der Waals surface area contributed by atoms with Gasteiger partial charge in [-0.25, -0.2) is 9.97 Å². The van der Waals surface area contributed by atoms with E-state index in [1.807, 2.05) is 56.3 Å². The average molecular weight is 381 g/mol. The van der Waals surface area contributed by atoms with E-state index in [0.29, 0.717) is 28.9 Å². The molecule has 0 spiro atoms. The molecule has 1 aromatic heterocycles. The fourth-order valence-corrected chi connectivity index (χ4v) is 3.19. The van der Waals surface area contributed by atoms with Crippen molar-refractivity contribution in [2.75, 3.05) is 5.32 Å². The number of aromatic nitrogens is 2. The van der Waals surface area contributed by atoms with Crippen molar-refractivity contribution in [3.8, 4) is 0 Å². The Balaban J connectivity index is 1.79. The molecular formula is C21H21ClN4O. The lowest BCUT2D eigenvalue weighted by atomic mass is 10.1. The number of carbonyl (C=O) groups is 1. The maximum atomic E-state index is 12.5. The number of benzene rings is 2. The molecule has 0 aliphatic rings. The molecule has 5 nitrogen and oxygen atoms in total. The van der Waals surface area contributed by atoms with Crippen LogP contribution in [0.4, 0.5) is 11.5 Å². The highest BCUT2D eigenvalue weighted by molar-refractivity contribution is 6.33.